The zero-order valence-corrected chi connectivity index (χ0v) is 20.3. The highest BCUT2D eigenvalue weighted by Crippen LogP contribution is 2.35. The zero-order valence-electron chi connectivity index (χ0n) is 20.3. The maximum absolute atomic E-state index is 13.9. The smallest absolute Gasteiger partial charge is 0.254 e. The summed E-state index contributed by atoms with van der Waals surface area (Å²) < 4.78 is 21.0. The summed E-state index contributed by atoms with van der Waals surface area (Å²) >= 11 is 0. The quantitative estimate of drug-likeness (QED) is 0.424. The van der Waals surface area contributed by atoms with E-state index in [9.17, 15) is 9.18 Å². The molecule has 36 heavy (non-hydrogen) atoms. The van der Waals surface area contributed by atoms with Gasteiger partial charge >= 0.3 is 0 Å². The minimum Gasteiger partial charge on any atom is -0.494 e. The molecule has 0 unspecified atom stereocenters. The summed E-state index contributed by atoms with van der Waals surface area (Å²) in [4.78, 5) is 32.5. The molecule has 1 aliphatic rings. The Kier molecular flexibility index (Phi) is 6.32. The molecular weight excluding hydrogens is 461 g/mol. The first-order chi connectivity index (χ1) is 17.5. The third kappa shape index (κ3) is 4.26. The summed E-state index contributed by atoms with van der Waals surface area (Å²) in [7, 11) is 3.23. The van der Waals surface area contributed by atoms with Crippen LogP contribution < -0.4 is 10.1 Å². The van der Waals surface area contributed by atoms with Crippen LogP contribution >= 0.6 is 0 Å². The van der Waals surface area contributed by atoms with Gasteiger partial charge in [-0.25, -0.2) is 19.3 Å². The molecule has 9 nitrogen and oxygen atoms in total. The Hall–Kier alpha value is -4.34. The van der Waals surface area contributed by atoms with Gasteiger partial charge in [-0.1, -0.05) is 0 Å². The van der Waals surface area contributed by atoms with E-state index in [1.54, 1.807) is 29.6 Å². The SMILES string of the molecule is CNc1nccn1Cc1cc2c(c(-c3cncnc3)c1)CCN([C@@H](C)c1cc(OC)c(F)cn1)C2=O. The number of ether oxygens (including phenoxy) is 1. The summed E-state index contributed by atoms with van der Waals surface area (Å²) in [5.41, 5.74) is 4.91. The number of methoxy groups -OCH3 is 1. The summed E-state index contributed by atoms with van der Waals surface area (Å²) in [5.74, 6) is 0.193. The summed E-state index contributed by atoms with van der Waals surface area (Å²) in [6.07, 6.45) is 10.4. The molecule has 3 aromatic heterocycles. The number of rotatable bonds is 7. The molecule has 5 rings (SSSR count). The normalized spacial score (nSPS) is 13.9. The maximum atomic E-state index is 13.9. The zero-order chi connectivity index (χ0) is 25.2. The van der Waals surface area contributed by atoms with E-state index < -0.39 is 5.82 Å². The van der Waals surface area contributed by atoms with Crippen molar-refractivity contribution in [3.05, 3.63) is 83.7 Å². The molecule has 1 N–H and O–H groups in total. The fourth-order valence-corrected chi connectivity index (χ4v) is 4.68. The molecule has 10 heteroatoms. The summed E-state index contributed by atoms with van der Waals surface area (Å²) in [5, 5.41) is 3.08. The highest BCUT2D eigenvalue weighted by atomic mass is 19.1. The predicted molar refractivity (Wildman–Crippen MR) is 132 cm³/mol. The fraction of sp³-hybridized carbons (Fsp3) is 0.269. The first-order valence-electron chi connectivity index (χ1n) is 11.6. The van der Waals surface area contributed by atoms with Crippen LogP contribution in [0.5, 0.6) is 5.75 Å². The standard InChI is InChI=1S/C26H26FN7O2/c1-16(23-10-24(36-3)22(27)13-32-23)34-6-4-19-20(18-11-29-15-30-12-18)8-17(9-21(19)25(34)35)14-33-7-5-31-26(33)28-2/h5,7-13,15-16H,4,6,14H2,1-3H3,(H,28,31)/t16-/m0/s1. The number of amides is 1. The summed E-state index contributed by atoms with van der Waals surface area (Å²) in [6, 6.07) is 5.22. The molecule has 1 aliphatic heterocycles. The average molecular weight is 488 g/mol. The van der Waals surface area contributed by atoms with Crippen molar-refractivity contribution in [1.29, 1.82) is 0 Å². The molecule has 0 radical (unpaired) electrons. The lowest BCUT2D eigenvalue weighted by Gasteiger charge is -2.34. The average Bonchev–Trinajstić information content (AvgIpc) is 3.36. The Morgan fingerprint density at radius 1 is 1.14 bits per heavy atom. The third-order valence-corrected chi connectivity index (χ3v) is 6.52. The summed E-state index contributed by atoms with van der Waals surface area (Å²) in [6.45, 7) is 2.92. The molecular formula is C26H26FN7O2. The van der Waals surface area contributed by atoms with Crippen LogP contribution in [-0.4, -0.2) is 56.0 Å². The number of pyridine rings is 1. The first-order valence-corrected chi connectivity index (χ1v) is 11.6. The molecule has 0 saturated heterocycles. The second-order valence-corrected chi connectivity index (χ2v) is 8.59. The van der Waals surface area contributed by atoms with E-state index >= 15 is 0 Å². The number of nitrogens with zero attached hydrogens (tertiary/aromatic N) is 6. The number of anilines is 1. The van der Waals surface area contributed by atoms with Crippen molar-refractivity contribution in [2.75, 3.05) is 26.0 Å². The van der Waals surface area contributed by atoms with Gasteiger partial charge in [-0.3, -0.25) is 9.78 Å². The second kappa shape index (κ2) is 9.73. The number of hydrogen-bond acceptors (Lipinski definition) is 7. The number of nitrogens with one attached hydrogen (secondary N) is 1. The monoisotopic (exact) mass is 487 g/mol. The number of carbonyl (C=O) groups is 1. The number of benzene rings is 1. The lowest BCUT2D eigenvalue weighted by atomic mass is 9.88. The minimum atomic E-state index is -0.538. The van der Waals surface area contributed by atoms with Gasteiger partial charge in [0.1, 0.15) is 6.33 Å². The van der Waals surface area contributed by atoms with Gasteiger partial charge < -0.3 is 19.5 Å². The van der Waals surface area contributed by atoms with Crippen molar-refractivity contribution in [1.82, 2.24) is 29.4 Å². The number of imidazole rings is 1. The van der Waals surface area contributed by atoms with E-state index in [0.29, 0.717) is 30.8 Å². The van der Waals surface area contributed by atoms with Crippen molar-refractivity contribution < 1.29 is 13.9 Å². The number of aromatic nitrogens is 5. The van der Waals surface area contributed by atoms with Crippen LogP contribution in [0.4, 0.5) is 10.3 Å². The van der Waals surface area contributed by atoms with Gasteiger partial charge in [-0.05, 0) is 42.2 Å². The van der Waals surface area contributed by atoms with Crippen molar-refractivity contribution in [3.8, 4) is 16.9 Å². The van der Waals surface area contributed by atoms with Crippen LogP contribution in [0.2, 0.25) is 0 Å². The van der Waals surface area contributed by atoms with Crippen LogP contribution in [0.25, 0.3) is 11.1 Å². The molecule has 0 bridgehead atoms. The number of carbonyl (C=O) groups excluding carboxylic acids is 1. The maximum Gasteiger partial charge on any atom is 0.254 e. The fourth-order valence-electron chi connectivity index (χ4n) is 4.68. The largest absolute Gasteiger partial charge is 0.494 e. The van der Waals surface area contributed by atoms with Crippen LogP contribution in [0.15, 0.2) is 55.5 Å². The third-order valence-electron chi connectivity index (χ3n) is 6.52. The van der Waals surface area contributed by atoms with Gasteiger partial charge in [0.2, 0.25) is 5.95 Å². The van der Waals surface area contributed by atoms with Crippen molar-refractivity contribution >= 4 is 11.9 Å². The second-order valence-electron chi connectivity index (χ2n) is 8.59. The molecule has 0 fully saturated rings. The van der Waals surface area contributed by atoms with Crippen molar-refractivity contribution in [2.45, 2.75) is 25.9 Å². The number of halogens is 1. The molecule has 0 spiro atoms. The van der Waals surface area contributed by atoms with Gasteiger partial charge in [-0.2, -0.15) is 0 Å². The van der Waals surface area contributed by atoms with E-state index in [1.165, 1.54) is 13.4 Å². The molecule has 0 saturated carbocycles. The van der Waals surface area contributed by atoms with Gasteiger partial charge in [-0.15, -0.1) is 0 Å². The van der Waals surface area contributed by atoms with E-state index in [4.69, 9.17) is 4.74 Å². The van der Waals surface area contributed by atoms with Crippen molar-refractivity contribution in [3.63, 3.8) is 0 Å². The van der Waals surface area contributed by atoms with Crippen LogP contribution in [0.1, 0.15) is 40.1 Å². The number of hydrogen-bond donors (Lipinski definition) is 1. The first kappa shape index (κ1) is 23.4. The van der Waals surface area contributed by atoms with Gasteiger partial charge in [0.05, 0.1) is 31.6 Å². The Morgan fingerprint density at radius 3 is 2.67 bits per heavy atom. The van der Waals surface area contributed by atoms with Gasteiger partial charge in [0.25, 0.3) is 5.91 Å². The topological polar surface area (TPSA) is 98.1 Å². The molecule has 4 aromatic rings. The Labute approximate surface area is 208 Å². The number of fused-ring (bicyclic) bond motifs is 1. The van der Waals surface area contributed by atoms with Gasteiger partial charge in [0, 0.05) is 55.6 Å². The lowest BCUT2D eigenvalue weighted by molar-refractivity contribution is 0.0669. The van der Waals surface area contributed by atoms with E-state index in [2.05, 4.69) is 31.3 Å². The Morgan fingerprint density at radius 2 is 1.92 bits per heavy atom. The van der Waals surface area contributed by atoms with Crippen LogP contribution in [-0.2, 0) is 13.0 Å². The van der Waals surface area contributed by atoms with Crippen LogP contribution in [0.3, 0.4) is 0 Å². The van der Waals surface area contributed by atoms with Crippen LogP contribution in [0, 0.1) is 5.82 Å². The van der Waals surface area contributed by atoms with Crippen molar-refractivity contribution in [2.24, 2.45) is 0 Å². The molecule has 184 valence electrons. The highest BCUT2D eigenvalue weighted by molar-refractivity contribution is 5.99. The van der Waals surface area contributed by atoms with Gasteiger partial charge in [0.15, 0.2) is 11.6 Å². The predicted octanol–water partition coefficient (Wildman–Crippen LogP) is 3.73. The molecule has 4 heterocycles. The van der Waals surface area contributed by atoms with E-state index in [1.807, 2.05) is 30.8 Å². The molecule has 1 amide bonds. The Bertz CT molecular complexity index is 1410. The minimum absolute atomic E-state index is 0.103. The molecule has 0 aliphatic carbocycles. The van der Waals surface area contributed by atoms with E-state index in [0.717, 1.165) is 34.4 Å². The highest BCUT2D eigenvalue weighted by Gasteiger charge is 2.32. The Balaban J connectivity index is 1.55. The molecule has 1 atom stereocenters. The molecule has 1 aromatic carbocycles. The van der Waals surface area contributed by atoms with E-state index in [-0.39, 0.29) is 17.7 Å². The lowest BCUT2D eigenvalue weighted by Crippen LogP contribution is -2.40.